The number of amides is 1. The molecule has 3 rings (SSSR count). The molecule has 2 heterocycles. The smallest absolute Gasteiger partial charge is 0.303 e. The van der Waals surface area contributed by atoms with Crippen LogP contribution in [0, 0.1) is 0 Å². The van der Waals surface area contributed by atoms with Crippen LogP contribution < -0.4 is 11.1 Å². The van der Waals surface area contributed by atoms with Crippen molar-refractivity contribution in [1.29, 1.82) is 0 Å². The van der Waals surface area contributed by atoms with Crippen LogP contribution in [0.15, 0.2) is 41.9 Å². The number of carbonyl (C=O) groups is 2. The Kier molecular flexibility index (Phi) is 7.56. The number of carboxylic acid groups (broad SMARTS) is 1. The van der Waals surface area contributed by atoms with E-state index in [0.717, 1.165) is 36.1 Å². The Bertz CT molecular complexity index is 984. The highest BCUT2D eigenvalue weighted by Crippen LogP contribution is 2.30. The van der Waals surface area contributed by atoms with Crippen molar-refractivity contribution in [3.05, 3.63) is 47.6 Å². The van der Waals surface area contributed by atoms with Crippen LogP contribution in [0.1, 0.15) is 49.0 Å². The van der Waals surface area contributed by atoms with Gasteiger partial charge in [-0.2, -0.15) is 0 Å². The Morgan fingerprint density at radius 1 is 1.13 bits per heavy atom. The number of nitrogens with two attached hydrogens (primary N) is 1. The maximum absolute atomic E-state index is 12.6. The normalized spacial score (nSPS) is 10.8. The summed E-state index contributed by atoms with van der Waals surface area (Å²) in [6.45, 7) is 0.662. The summed E-state index contributed by atoms with van der Waals surface area (Å²) in [6, 6.07) is 9.54. The van der Waals surface area contributed by atoms with Gasteiger partial charge < -0.3 is 16.2 Å². The molecule has 0 saturated carbocycles. The third kappa shape index (κ3) is 6.15. The minimum Gasteiger partial charge on any atom is -0.481 e. The van der Waals surface area contributed by atoms with Crippen molar-refractivity contribution >= 4 is 34.6 Å². The molecule has 0 bridgehead atoms. The highest BCUT2D eigenvalue weighted by molar-refractivity contribution is 7.13. The maximum atomic E-state index is 12.6. The zero-order valence-electron chi connectivity index (χ0n) is 16.6. The number of anilines is 2. The topological polar surface area (TPSA) is 123 Å². The van der Waals surface area contributed by atoms with Gasteiger partial charge in [0.05, 0.1) is 17.6 Å². The first kappa shape index (κ1) is 21.5. The number of aryl methyl sites for hydroxylation is 1. The van der Waals surface area contributed by atoms with Crippen LogP contribution in [-0.2, 0) is 11.3 Å². The summed E-state index contributed by atoms with van der Waals surface area (Å²) in [5.41, 5.74) is 8.27. The second-order valence-electron chi connectivity index (χ2n) is 7.01. The average Bonchev–Trinajstić information content (AvgIpc) is 3.41. The molecule has 0 aliphatic carbocycles. The van der Waals surface area contributed by atoms with E-state index in [1.54, 1.807) is 28.3 Å². The van der Waals surface area contributed by atoms with E-state index >= 15 is 0 Å². The molecular weight excluding hydrogens is 402 g/mol. The van der Waals surface area contributed by atoms with Crippen molar-refractivity contribution in [1.82, 2.24) is 15.0 Å². The zero-order chi connectivity index (χ0) is 21.3. The molecule has 0 atom stereocenters. The summed E-state index contributed by atoms with van der Waals surface area (Å²) in [5, 5.41) is 21.4. The van der Waals surface area contributed by atoms with Gasteiger partial charge >= 0.3 is 5.97 Å². The van der Waals surface area contributed by atoms with Crippen LogP contribution >= 0.6 is 11.3 Å². The lowest BCUT2D eigenvalue weighted by Crippen LogP contribution is -2.13. The van der Waals surface area contributed by atoms with E-state index in [0.29, 0.717) is 24.3 Å². The van der Waals surface area contributed by atoms with E-state index in [4.69, 9.17) is 10.8 Å². The van der Waals surface area contributed by atoms with Gasteiger partial charge in [-0.15, -0.1) is 16.4 Å². The number of hydrogen-bond donors (Lipinski definition) is 3. The largest absolute Gasteiger partial charge is 0.481 e. The Morgan fingerprint density at radius 3 is 2.70 bits per heavy atom. The highest BCUT2D eigenvalue weighted by Gasteiger charge is 2.13. The van der Waals surface area contributed by atoms with Gasteiger partial charge in [0, 0.05) is 17.8 Å². The number of aliphatic carboxylic acids is 1. The Balaban J connectivity index is 1.49. The number of unbranched alkanes of at least 4 members (excludes halogenated alkanes) is 4. The lowest BCUT2D eigenvalue weighted by molar-refractivity contribution is -0.137. The van der Waals surface area contributed by atoms with Crippen LogP contribution in [0.3, 0.4) is 0 Å². The first-order valence-corrected chi connectivity index (χ1v) is 10.8. The van der Waals surface area contributed by atoms with E-state index in [9.17, 15) is 9.59 Å². The Morgan fingerprint density at radius 2 is 1.93 bits per heavy atom. The third-order valence-electron chi connectivity index (χ3n) is 4.66. The predicted molar refractivity (Wildman–Crippen MR) is 117 cm³/mol. The summed E-state index contributed by atoms with van der Waals surface area (Å²) in [4.78, 5) is 24.1. The quantitative estimate of drug-likeness (QED) is 0.310. The molecule has 0 spiro atoms. The molecule has 1 aromatic carbocycles. The number of thiophene rings is 1. The molecule has 0 aliphatic rings. The molecule has 158 valence electrons. The number of nitrogen functional groups attached to an aromatic ring is 1. The van der Waals surface area contributed by atoms with Crippen molar-refractivity contribution in [3.63, 3.8) is 0 Å². The fraction of sp³-hybridized carbons (Fsp3) is 0.333. The first-order valence-electron chi connectivity index (χ1n) is 9.89. The van der Waals surface area contributed by atoms with Gasteiger partial charge in [0.2, 0.25) is 0 Å². The number of aromatic nitrogens is 3. The molecule has 9 heteroatoms. The summed E-state index contributed by atoms with van der Waals surface area (Å²) in [7, 11) is 0. The molecule has 0 unspecified atom stereocenters. The van der Waals surface area contributed by atoms with Crippen molar-refractivity contribution in [2.45, 2.75) is 45.1 Å². The summed E-state index contributed by atoms with van der Waals surface area (Å²) in [6.07, 6.45) is 6.32. The lowest BCUT2D eigenvalue weighted by Gasteiger charge is -2.08. The van der Waals surface area contributed by atoms with Gasteiger partial charge in [-0.3, -0.25) is 14.3 Å². The molecular formula is C21H25N5O3S. The third-order valence-corrected chi connectivity index (χ3v) is 5.58. The number of nitrogens with one attached hydrogen (secondary N) is 1. The van der Waals surface area contributed by atoms with Crippen LogP contribution in [-0.4, -0.2) is 32.0 Å². The van der Waals surface area contributed by atoms with E-state index in [-0.39, 0.29) is 18.0 Å². The number of rotatable bonds is 11. The predicted octanol–water partition coefficient (Wildman–Crippen LogP) is 4.27. The van der Waals surface area contributed by atoms with Crippen LogP contribution in [0.5, 0.6) is 0 Å². The Labute approximate surface area is 178 Å². The molecule has 0 aliphatic heterocycles. The fourth-order valence-corrected chi connectivity index (χ4v) is 3.76. The standard InChI is InChI=1S/C21H25N5O3S/c22-16-10-9-15(19-7-6-12-30-19)13-17(16)23-21(29)18-14-26(25-24-18)11-5-3-1-2-4-8-20(27)28/h6-7,9-10,12-14H,1-5,8,11,22H2,(H,23,29)(H,27,28). The van der Waals surface area contributed by atoms with E-state index < -0.39 is 5.97 Å². The van der Waals surface area contributed by atoms with Gasteiger partial charge in [0.1, 0.15) is 0 Å². The molecule has 2 aromatic heterocycles. The van der Waals surface area contributed by atoms with Gasteiger partial charge in [-0.1, -0.05) is 36.6 Å². The lowest BCUT2D eigenvalue weighted by atomic mass is 10.1. The van der Waals surface area contributed by atoms with Crippen molar-refractivity contribution in [2.24, 2.45) is 0 Å². The van der Waals surface area contributed by atoms with E-state index in [1.165, 1.54) is 0 Å². The molecule has 3 aromatic rings. The van der Waals surface area contributed by atoms with Crippen LogP contribution in [0.4, 0.5) is 11.4 Å². The molecule has 4 N–H and O–H groups in total. The average molecular weight is 428 g/mol. The second kappa shape index (κ2) is 10.5. The minimum atomic E-state index is -0.747. The van der Waals surface area contributed by atoms with Crippen LogP contribution in [0.25, 0.3) is 10.4 Å². The number of hydrogen-bond acceptors (Lipinski definition) is 6. The number of carboxylic acids is 1. The van der Waals surface area contributed by atoms with E-state index in [2.05, 4.69) is 15.6 Å². The second-order valence-corrected chi connectivity index (χ2v) is 7.96. The highest BCUT2D eigenvalue weighted by atomic mass is 32.1. The summed E-state index contributed by atoms with van der Waals surface area (Å²) < 4.78 is 1.65. The number of nitrogens with zero attached hydrogens (tertiary/aromatic N) is 3. The maximum Gasteiger partial charge on any atom is 0.303 e. The Hall–Kier alpha value is -3.20. The first-order chi connectivity index (χ1) is 14.5. The van der Waals surface area contributed by atoms with Crippen LogP contribution in [0.2, 0.25) is 0 Å². The van der Waals surface area contributed by atoms with Crippen molar-refractivity contribution in [2.75, 3.05) is 11.1 Å². The number of benzene rings is 1. The minimum absolute atomic E-state index is 0.224. The monoisotopic (exact) mass is 427 g/mol. The SMILES string of the molecule is Nc1ccc(-c2cccs2)cc1NC(=O)c1cn(CCCCCCCC(=O)O)nn1. The van der Waals surface area contributed by atoms with Gasteiger partial charge in [-0.05, 0) is 42.0 Å². The van der Waals surface area contributed by atoms with Crippen molar-refractivity contribution < 1.29 is 14.7 Å². The van der Waals surface area contributed by atoms with Gasteiger partial charge in [-0.25, -0.2) is 0 Å². The van der Waals surface area contributed by atoms with Gasteiger partial charge in [0.25, 0.3) is 5.91 Å². The summed E-state index contributed by atoms with van der Waals surface area (Å²) in [5.74, 6) is -1.10. The van der Waals surface area contributed by atoms with Gasteiger partial charge in [0.15, 0.2) is 5.69 Å². The molecule has 1 amide bonds. The molecule has 30 heavy (non-hydrogen) atoms. The van der Waals surface area contributed by atoms with E-state index in [1.807, 2.05) is 29.6 Å². The van der Waals surface area contributed by atoms with Crippen molar-refractivity contribution in [3.8, 4) is 10.4 Å². The number of carbonyl (C=O) groups excluding carboxylic acids is 1. The fourth-order valence-electron chi connectivity index (χ4n) is 3.04. The molecule has 0 fully saturated rings. The zero-order valence-corrected chi connectivity index (χ0v) is 17.4. The molecule has 8 nitrogen and oxygen atoms in total. The summed E-state index contributed by atoms with van der Waals surface area (Å²) >= 11 is 1.62. The molecule has 0 saturated heterocycles. The molecule has 0 radical (unpaired) electrons.